The second kappa shape index (κ2) is 11.5. The van der Waals surface area contributed by atoms with Gasteiger partial charge >= 0.3 is 0 Å². The van der Waals surface area contributed by atoms with Crippen molar-refractivity contribution in [1.29, 1.82) is 0 Å². The van der Waals surface area contributed by atoms with Gasteiger partial charge < -0.3 is 10.1 Å². The van der Waals surface area contributed by atoms with E-state index in [0.717, 1.165) is 41.9 Å². The van der Waals surface area contributed by atoms with Gasteiger partial charge in [0, 0.05) is 12.3 Å². The summed E-state index contributed by atoms with van der Waals surface area (Å²) < 4.78 is 7.67. The zero-order valence-corrected chi connectivity index (χ0v) is 19.0. The van der Waals surface area contributed by atoms with Gasteiger partial charge in [-0.05, 0) is 65.7 Å². The van der Waals surface area contributed by atoms with Crippen molar-refractivity contribution < 1.29 is 4.74 Å². The summed E-state index contributed by atoms with van der Waals surface area (Å²) >= 11 is 1.67. The minimum absolute atomic E-state index is 0.588. The van der Waals surface area contributed by atoms with Gasteiger partial charge in [-0.25, -0.2) is 0 Å². The van der Waals surface area contributed by atoms with Gasteiger partial charge in [0.05, 0.1) is 5.69 Å². The summed E-state index contributed by atoms with van der Waals surface area (Å²) in [5, 5.41) is 16.4. The van der Waals surface area contributed by atoms with E-state index in [9.17, 15) is 0 Å². The normalized spacial score (nSPS) is 10.9. The number of rotatable bonds is 11. The smallest absolute Gasteiger partial charge is 0.214 e. The molecule has 1 N–H and O–H groups in total. The van der Waals surface area contributed by atoms with Crippen LogP contribution < -0.4 is 10.1 Å². The molecule has 32 heavy (non-hydrogen) atoms. The maximum Gasteiger partial charge on any atom is 0.214 e. The number of tetrazole rings is 1. The van der Waals surface area contributed by atoms with Crippen molar-refractivity contribution in [3.63, 3.8) is 0 Å². The number of benzene rings is 3. The molecule has 0 fully saturated rings. The first-order valence-electron chi connectivity index (χ1n) is 10.7. The Morgan fingerprint density at radius 2 is 1.78 bits per heavy atom. The van der Waals surface area contributed by atoms with Gasteiger partial charge in [0.15, 0.2) is 0 Å². The molecule has 6 nitrogen and oxygen atoms in total. The molecule has 0 atom stereocenters. The molecule has 1 heterocycles. The maximum absolute atomic E-state index is 5.90. The third kappa shape index (κ3) is 6.42. The summed E-state index contributed by atoms with van der Waals surface area (Å²) in [5.74, 6) is 1.84. The van der Waals surface area contributed by atoms with Crippen LogP contribution in [0.2, 0.25) is 0 Å². The highest BCUT2D eigenvalue weighted by molar-refractivity contribution is 7.99. The topological polar surface area (TPSA) is 64.9 Å². The second-order valence-electron chi connectivity index (χ2n) is 7.51. The summed E-state index contributed by atoms with van der Waals surface area (Å²) in [6.45, 7) is 4.46. The molecule has 0 aliphatic rings. The number of nitrogens with one attached hydrogen (secondary N) is 1. The van der Waals surface area contributed by atoms with Crippen molar-refractivity contribution in [2.24, 2.45) is 0 Å². The lowest BCUT2D eigenvalue weighted by Crippen LogP contribution is -2.15. The monoisotopic (exact) mass is 445 g/mol. The van der Waals surface area contributed by atoms with E-state index in [2.05, 4.69) is 64.2 Å². The van der Waals surface area contributed by atoms with E-state index in [4.69, 9.17) is 4.74 Å². The van der Waals surface area contributed by atoms with E-state index in [-0.39, 0.29) is 0 Å². The fourth-order valence-corrected chi connectivity index (χ4v) is 4.10. The summed E-state index contributed by atoms with van der Waals surface area (Å²) in [6.07, 6.45) is 1.03. The minimum Gasteiger partial charge on any atom is -0.489 e. The maximum atomic E-state index is 5.90. The van der Waals surface area contributed by atoms with Crippen LogP contribution >= 0.6 is 11.8 Å². The van der Waals surface area contributed by atoms with Gasteiger partial charge in [0.25, 0.3) is 0 Å². The van der Waals surface area contributed by atoms with Crippen LogP contribution in [0.4, 0.5) is 0 Å². The van der Waals surface area contributed by atoms with Crippen molar-refractivity contribution in [1.82, 2.24) is 25.5 Å². The predicted molar refractivity (Wildman–Crippen MR) is 128 cm³/mol. The largest absolute Gasteiger partial charge is 0.489 e. The number of ether oxygens (including phenoxy) is 1. The average Bonchev–Trinajstić information content (AvgIpc) is 3.30. The Morgan fingerprint density at radius 1 is 0.938 bits per heavy atom. The van der Waals surface area contributed by atoms with E-state index in [1.165, 1.54) is 16.7 Å². The number of hydrogen-bond acceptors (Lipinski definition) is 6. The summed E-state index contributed by atoms with van der Waals surface area (Å²) in [4.78, 5) is 0. The molecule has 0 spiro atoms. The lowest BCUT2D eigenvalue weighted by molar-refractivity contribution is 0.306. The van der Waals surface area contributed by atoms with Crippen LogP contribution in [0.25, 0.3) is 5.69 Å². The first-order valence-corrected chi connectivity index (χ1v) is 11.7. The van der Waals surface area contributed by atoms with Crippen LogP contribution in [0.3, 0.4) is 0 Å². The van der Waals surface area contributed by atoms with Gasteiger partial charge in [-0.2, -0.15) is 4.68 Å². The SMILES string of the molecule is Cc1cccc(COc2ccc(CNCCCSc3nnnn3-c3ccccc3)cc2)c1. The molecule has 3 aromatic carbocycles. The van der Waals surface area contributed by atoms with E-state index < -0.39 is 0 Å². The number of nitrogens with zero attached hydrogens (tertiary/aromatic N) is 4. The standard InChI is InChI=1S/C25H27N5OS/c1-20-7-5-8-22(17-20)19-31-24-13-11-21(12-14-24)18-26-15-6-16-32-25-27-28-29-30(25)23-9-3-2-4-10-23/h2-5,7-14,17,26H,6,15-16,18-19H2,1H3. The minimum atomic E-state index is 0.588. The Morgan fingerprint density at radius 3 is 2.59 bits per heavy atom. The average molecular weight is 446 g/mol. The van der Waals surface area contributed by atoms with Gasteiger partial charge in [-0.3, -0.25) is 0 Å². The molecule has 0 unspecified atom stereocenters. The number of aromatic nitrogens is 4. The number of para-hydroxylation sites is 1. The van der Waals surface area contributed by atoms with Crippen LogP contribution in [0.15, 0.2) is 84.0 Å². The number of aryl methyl sites for hydroxylation is 1. The van der Waals surface area contributed by atoms with Crippen molar-refractivity contribution >= 4 is 11.8 Å². The lowest BCUT2D eigenvalue weighted by atomic mass is 10.1. The molecule has 0 aliphatic carbocycles. The van der Waals surface area contributed by atoms with Crippen molar-refractivity contribution in [3.8, 4) is 11.4 Å². The Kier molecular flexibility index (Phi) is 7.89. The zero-order chi connectivity index (χ0) is 22.0. The van der Waals surface area contributed by atoms with Gasteiger partial charge in [-0.15, -0.1) is 5.10 Å². The third-order valence-corrected chi connectivity index (χ3v) is 5.92. The lowest BCUT2D eigenvalue weighted by Gasteiger charge is -2.09. The second-order valence-corrected chi connectivity index (χ2v) is 8.57. The molecule has 4 rings (SSSR count). The summed E-state index contributed by atoms with van der Waals surface area (Å²) in [5.41, 5.74) is 4.66. The molecule has 1 aromatic heterocycles. The Labute approximate surface area is 193 Å². The van der Waals surface area contributed by atoms with Crippen LogP contribution in [0, 0.1) is 6.92 Å². The van der Waals surface area contributed by atoms with Crippen molar-refractivity contribution in [2.45, 2.75) is 31.7 Å². The molecule has 0 saturated heterocycles. The molecule has 0 amide bonds. The highest BCUT2D eigenvalue weighted by Crippen LogP contribution is 2.18. The quantitative estimate of drug-likeness (QED) is 0.264. The first kappa shape index (κ1) is 22.0. The van der Waals surface area contributed by atoms with Crippen LogP contribution in [-0.4, -0.2) is 32.5 Å². The van der Waals surface area contributed by atoms with Gasteiger partial charge in [0.2, 0.25) is 5.16 Å². The molecular formula is C25H27N5OS. The highest BCUT2D eigenvalue weighted by Gasteiger charge is 2.08. The molecule has 7 heteroatoms. The van der Waals surface area contributed by atoms with E-state index in [1.54, 1.807) is 16.4 Å². The number of thioether (sulfide) groups is 1. The Hall–Kier alpha value is -3.16. The summed E-state index contributed by atoms with van der Waals surface area (Å²) in [6, 6.07) is 26.6. The molecule has 164 valence electrons. The predicted octanol–water partition coefficient (Wildman–Crippen LogP) is 4.82. The molecular weight excluding hydrogens is 418 g/mol. The molecule has 4 aromatic rings. The van der Waals surface area contributed by atoms with Crippen molar-refractivity contribution in [2.75, 3.05) is 12.3 Å². The van der Waals surface area contributed by atoms with Gasteiger partial charge in [-0.1, -0.05) is 71.9 Å². The molecule has 0 aliphatic heterocycles. The van der Waals surface area contributed by atoms with Crippen LogP contribution in [-0.2, 0) is 13.2 Å². The van der Waals surface area contributed by atoms with E-state index in [1.807, 2.05) is 42.5 Å². The molecule has 0 saturated carbocycles. The van der Waals surface area contributed by atoms with E-state index >= 15 is 0 Å². The first-order chi connectivity index (χ1) is 15.8. The fraction of sp³-hybridized carbons (Fsp3) is 0.240. The zero-order valence-electron chi connectivity index (χ0n) is 18.1. The van der Waals surface area contributed by atoms with Crippen molar-refractivity contribution in [3.05, 3.63) is 95.6 Å². The van der Waals surface area contributed by atoms with E-state index in [0.29, 0.717) is 6.61 Å². The Bertz CT molecular complexity index is 1100. The highest BCUT2D eigenvalue weighted by atomic mass is 32.2. The van der Waals surface area contributed by atoms with Gasteiger partial charge in [0.1, 0.15) is 12.4 Å². The van der Waals surface area contributed by atoms with Crippen LogP contribution in [0.1, 0.15) is 23.1 Å². The summed E-state index contributed by atoms with van der Waals surface area (Å²) in [7, 11) is 0. The molecule has 0 bridgehead atoms. The third-order valence-electron chi connectivity index (χ3n) is 4.91. The molecule has 0 radical (unpaired) electrons. The Balaban J connectivity index is 1.14. The number of hydrogen-bond donors (Lipinski definition) is 1. The fourth-order valence-electron chi connectivity index (χ4n) is 3.27. The van der Waals surface area contributed by atoms with Crippen LogP contribution in [0.5, 0.6) is 5.75 Å².